The zero-order chi connectivity index (χ0) is 18.4. The molecule has 2 unspecified atom stereocenters. The summed E-state index contributed by atoms with van der Waals surface area (Å²) in [6, 6.07) is 8.84. The Morgan fingerprint density at radius 2 is 1.96 bits per heavy atom. The van der Waals surface area contributed by atoms with Crippen molar-refractivity contribution in [3.05, 3.63) is 30.1 Å². The second-order valence-corrected chi connectivity index (χ2v) is 8.39. The SMILES string of the molecule is CCNC(=NCCSc1ccccc1F)NC1CC2CCCC(C1)N2C.I. The quantitative estimate of drug-likeness (QED) is 0.200. The molecule has 0 amide bonds. The molecule has 1 aromatic carbocycles. The topological polar surface area (TPSA) is 39.7 Å². The summed E-state index contributed by atoms with van der Waals surface area (Å²) in [6.45, 7) is 3.62. The summed E-state index contributed by atoms with van der Waals surface area (Å²) in [4.78, 5) is 7.98. The number of halogens is 2. The average Bonchev–Trinajstić information content (AvgIpc) is 2.61. The number of fused-ring (bicyclic) bond motifs is 2. The van der Waals surface area contributed by atoms with Crippen LogP contribution in [0, 0.1) is 5.82 Å². The van der Waals surface area contributed by atoms with Crippen LogP contribution in [0.2, 0.25) is 0 Å². The van der Waals surface area contributed by atoms with Gasteiger partial charge in [0.2, 0.25) is 0 Å². The van der Waals surface area contributed by atoms with E-state index >= 15 is 0 Å². The molecule has 0 aromatic heterocycles. The van der Waals surface area contributed by atoms with E-state index in [1.54, 1.807) is 6.07 Å². The fourth-order valence-corrected chi connectivity index (χ4v) is 4.91. The molecule has 4 nitrogen and oxygen atoms in total. The summed E-state index contributed by atoms with van der Waals surface area (Å²) in [5, 5.41) is 7.00. The van der Waals surface area contributed by atoms with E-state index in [0.29, 0.717) is 29.6 Å². The molecule has 2 bridgehead atoms. The van der Waals surface area contributed by atoms with E-state index in [9.17, 15) is 4.39 Å². The Labute approximate surface area is 184 Å². The van der Waals surface area contributed by atoms with Crippen LogP contribution in [0.15, 0.2) is 34.2 Å². The van der Waals surface area contributed by atoms with Gasteiger partial charge in [0, 0.05) is 35.3 Å². The first-order chi connectivity index (χ1) is 12.7. The number of guanidine groups is 1. The van der Waals surface area contributed by atoms with Gasteiger partial charge in [0.1, 0.15) is 5.82 Å². The van der Waals surface area contributed by atoms with Gasteiger partial charge in [-0.1, -0.05) is 18.6 Å². The maximum Gasteiger partial charge on any atom is 0.191 e. The van der Waals surface area contributed by atoms with Crippen molar-refractivity contribution >= 4 is 41.7 Å². The van der Waals surface area contributed by atoms with Crippen LogP contribution < -0.4 is 10.6 Å². The number of hydrogen-bond acceptors (Lipinski definition) is 3. The summed E-state index contributed by atoms with van der Waals surface area (Å²) >= 11 is 1.52. The Hall–Kier alpha value is -0.540. The number of nitrogens with one attached hydrogen (secondary N) is 2. The van der Waals surface area contributed by atoms with Gasteiger partial charge >= 0.3 is 0 Å². The molecule has 0 radical (unpaired) electrons. The first-order valence-corrected chi connectivity index (χ1v) is 10.8. The minimum Gasteiger partial charge on any atom is -0.357 e. The maximum absolute atomic E-state index is 13.7. The summed E-state index contributed by atoms with van der Waals surface area (Å²) in [5.41, 5.74) is 0. The van der Waals surface area contributed by atoms with Gasteiger partial charge in [-0.3, -0.25) is 4.99 Å². The standard InChI is InChI=1S/C20H31FN4S.HI/c1-3-22-20(23-11-12-26-19-10-5-4-9-18(19)21)24-15-13-16-7-6-8-17(14-15)25(16)2;/h4-5,9-10,15-17H,3,6-8,11-14H2,1-2H3,(H2,22,23,24);1H. The molecule has 2 saturated heterocycles. The fraction of sp³-hybridized carbons (Fsp3) is 0.650. The van der Waals surface area contributed by atoms with Crippen molar-refractivity contribution in [2.45, 2.75) is 62.0 Å². The van der Waals surface area contributed by atoms with E-state index in [4.69, 9.17) is 4.99 Å². The zero-order valence-corrected chi connectivity index (χ0v) is 19.4. The third-order valence-corrected chi connectivity index (χ3v) is 6.51. The normalized spacial score (nSPS) is 25.6. The van der Waals surface area contributed by atoms with Crippen LogP contribution in [0.1, 0.15) is 39.0 Å². The third kappa shape index (κ3) is 6.49. The maximum atomic E-state index is 13.7. The smallest absolute Gasteiger partial charge is 0.191 e. The van der Waals surface area contributed by atoms with Gasteiger partial charge in [-0.25, -0.2) is 4.39 Å². The van der Waals surface area contributed by atoms with Gasteiger partial charge in [-0.05, 0) is 51.8 Å². The molecule has 27 heavy (non-hydrogen) atoms. The number of hydrogen-bond donors (Lipinski definition) is 2. The van der Waals surface area contributed by atoms with Gasteiger partial charge in [-0.15, -0.1) is 35.7 Å². The molecule has 2 N–H and O–H groups in total. The second kappa shape index (κ2) is 11.5. The van der Waals surface area contributed by atoms with E-state index in [-0.39, 0.29) is 29.8 Å². The van der Waals surface area contributed by atoms with Crippen molar-refractivity contribution in [1.29, 1.82) is 0 Å². The van der Waals surface area contributed by atoms with Gasteiger partial charge < -0.3 is 15.5 Å². The fourth-order valence-electron chi connectivity index (χ4n) is 4.12. The number of nitrogens with zero attached hydrogens (tertiary/aromatic N) is 2. The Bertz CT molecular complexity index is 601. The Kier molecular flexibility index (Phi) is 9.65. The number of thioether (sulfide) groups is 1. The Morgan fingerprint density at radius 3 is 2.63 bits per heavy atom. The van der Waals surface area contributed by atoms with Crippen molar-refractivity contribution in [3.63, 3.8) is 0 Å². The summed E-state index contributed by atoms with van der Waals surface area (Å²) in [6.07, 6.45) is 6.40. The van der Waals surface area contributed by atoms with E-state index < -0.39 is 0 Å². The number of rotatable bonds is 6. The molecule has 3 rings (SSSR count). The largest absolute Gasteiger partial charge is 0.357 e. The van der Waals surface area contributed by atoms with Crippen LogP contribution in [-0.4, -0.2) is 54.9 Å². The molecule has 0 saturated carbocycles. The first kappa shape index (κ1) is 22.7. The second-order valence-electron chi connectivity index (χ2n) is 7.26. The van der Waals surface area contributed by atoms with Gasteiger partial charge in [-0.2, -0.15) is 0 Å². The van der Waals surface area contributed by atoms with Gasteiger partial charge in [0.25, 0.3) is 0 Å². The van der Waals surface area contributed by atoms with Crippen molar-refractivity contribution in [2.24, 2.45) is 4.99 Å². The highest BCUT2D eigenvalue weighted by Gasteiger charge is 2.36. The van der Waals surface area contributed by atoms with Crippen LogP contribution in [0.5, 0.6) is 0 Å². The van der Waals surface area contributed by atoms with Crippen LogP contribution in [0.25, 0.3) is 0 Å². The van der Waals surface area contributed by atoms with Crippen LogP contribution in [0.4, 0.5) is 4.39 Å². The molecular formula is C20H32FIN4S. The molecule has 7 heteroatoms. The highest BCUT2D eigenvalue weighted by atomic mass is 127. The molecule has 2 atom stereocenters. The Balaban J connectivity index is 0.00000261. The third-order valence-electron chi connectivity index (χ3n) is 5.48. The number of benzene rings is 1. The van der Waals surface area contributed by atoms with Crippen molar-refractivity contribution in [3.8, 4) is 0 Å². The molecule has 2 heterocycles. The molecule has 0 aliphatic carbocycles. The van der Waals surface area contributed by atoms with Crippen LogP contribution in [-0.2, 0) is 0 Å². The minimum absolute atomic E-state index is 0. The minimum atomic E-state index is -0.149. The van der Waals surface area contributed by atoms with Gasteiger partial charge in [0.05, 0.1) is 6.54 Å². The van der Waals surface area contributed by atoms with E-state index in [1.165, 1.54) is 49.9 Å². The highest BCUT2D eigenvalue weighted by Crippen LogP contribution is 2.32. The zero-order valence-electron chi connectivity index (χ0n) is 16.3. The average molecular weight is 506 g/mol. The molecule has 0 spiro atoms. The van der Waals surface area contributed by atoms with Crippen LogP contribution >= 0.6 is 35.7 Å². The molecule has 1 aromatic rings. The number of piperidine rings is 2. The molecular weight excluding hydrogens is 474 g/mol. The molecule has 2 aliphatic rings. The van der Waals surface area contributed by atoms with Crippen molar-refractivity contribution in [2.75, 3.05) is 25.9 Å². The monoisotopic (exact) mass is 506 g/mol. The number of aliphatic imine (C=N–C) groups is 1. The summed E-state index contributed by atoms with van der Waals surface area (Å²) in [5.74, 6) is 1.52. The predicted molar refractivity (Wildman–Crippen MR) is 124 cm³/mol. The summed E-state index contributed by atoms with van der Waals surface area (Å²) in [7, 11) is 2.28. The summed E-state index contributed by atoms with van der Waals surface area (Å²) < 4.78 is 13.7. The van der Waals surface area contributed by atoms with Gasteiger partial charge in [0.15, 0.2) is 5.96 Å². The molecule has 152 valence electrons. The lowest BCUT2D eigenvalue weighted by molar-refractivity contribution is 0.0526. The lowest BCUT2D eigenvalue weighted by Gasteiger charge is -2.47. The predicted octanol–water partition coefficient (Wildman–Crippen LogP) is 4.11. The van der Waals surface area contributed by atoms with E-state index in [0.717, 1.165) is 18.3 Å². The molecule has 2 fully saturated rings. The first-order valence-electron chi connectivity index (χ1n) is 9.81. The van der Waals surface area contributed by atoms with E-state index in [2.05, 4.69) is 29.5 Å². The lowest BCUT2D eigenvalue weighted by atomic mass is 9.82. The van der Waals surface area contributed by atoms with Crippen molar-refractivity contribution < 1.29 is 4.39 Å². The highest BCUT2D eigenvalue weighted by molar-refractivity contribution is 14.0. The lowest BCUT2D eigenvalue weighted by Crippen LogP contribution is -2.56. The Morgan fingerprint density at radius 1 is 1.26 bits per heavy atom. The van der Waals surface area contributed by atoms with Crippen molar-refractivity contribution in [1.82, 2.24) is 15.5 Å². The molecule has 2 aliphatic heterocycles. The van der Waals surface area contributed by atoms with E-state index in [1.807, 2.05) is 12.1 Å². The van der Waals surface area contributed by atoms with Crippen LogP contribution in [0.3, 0.4) is 0 Å².